The smallest absolute Gasteiger partial charge is 0.0786 e. The molecule has 4 heteroatoms. The molecule has 0 unspecified atom stereocenters. The molecule has 0 saturated heterocycles. The van der Waals surface area contributed by atoms with E-state index in [1.165, 1.54) is 281 Å². The van der Waals surface area contributed by atoms with Gasteiger partial charge in [-0.15, -0.1) is 12.4 Å². The van der Waals surface area contributed by atoms with Crippen LogP contribution in [0.2, 0.25) is 0 Å². The maximum absolute atomic E-state index is 6.92. The zero-order chi connectivity index (χ0) is 39.4. The Morgan fingerprint density at radius 3 is 0.673 bits per heavy atom. The van der Waals surface area contributed by atoms with E-state index in [9.17, 15) is 0 Å². The van der Waals surface area contributed by atoms with E-state index in [1.807, 2.05) is 0 Å². The van der Waals surface area contributed by atoms with Crippen LogP contribution < -0.4 is 18.1 Å². The summed E-state index contributed by atoms with van der Waals surface area (Å²) in [6, 6.07) is 0. The predicted molar refractivity (Wildman–Crippen MR) is 254 cm³/mol. The summed E-state index contributed by atoms with van der Waals surface area (Å²) in [7, 11) is 0. The van der Waals surface area contributed by atoms with Crippen molar-refractivity contribution in [2.75, 3.05) is 26.2 Å². The number of rotatable bonds is 43. The highest BCUT2D eigenvalue weighted by Crippen LogP contribution is 2.27. The van der Waals surface area contributed by atoms with Crippen molar-refractivity contribution in [3.8, 4) is 0 Å². The maximum atomic E-state index is 6.92. The van der Waals surface area contributed by atoms with Gasteiger partial charge in [-0.25, -0.2) is 0 Å². The molecular weight excluding hydrogens is 711 g/mol. The Balaban J connectivity index is -0.000000457. The Morgan fingerprint density at radius 1 is 0.291 bits per heavy atom. The Morgan fingerprint density at radius 2 is 0.473 bits per heavy atom. The van der Waals surface area contributed by atoms with Crippen LogP contribution in [0.15, 0.2) is 0 Å². The number of quaternary nitrogens is 1. The molecular formula is C51H110Cl2N2. The molecule has 0 spiro atoms. The lowest BCUT2D eigenvalue weighted by atomic mass is 9.82. The Labute approximate surface area is 364 Å². The van der Waals surface area contributed by atoms with Crippen LogP contribution in [-0.4, -0.2) is 36.2 Å². The van der Waals surface area contributed by atoms with Gasteiger partial charge in [-0.3, -0.25) is 0 Å². The zero-order valence-electron chi connectivity index (χ0n) is 39.7. The SMILES string of the molecule is CCCCCCCCC(N)(CCCCCCCC)CCCCCCCC.CCCCCCCC[N+](CC)(CCCCCCCC)CCCCCCCC.Cl.[Cl-]. The molecule has 0 saturated carbocycles. The fourth-order valence-electron chi connectivity index (χ4n) is 8.64. The number of hydrogen-bond donors (Lipinski definition) is 1. The molecule has 0 fully saturated rings. The van der Waals surface area contributed by atoms with E-state index >= 15 is 0 Å². The molecule has 0 aliphatic carbocycles. The molecule has 0 rings (SSSR count). The van der Waals surface area contributed by atoms with Gasteiger partial charge in [0.25, 0.3) is 0 Å². The van der Waals surface area contributed by atoms with Gasteiger partial charge < -0.3 is 22.6 Å². The van der Waals surface area contributed by atoms with Crippen LogP contribution in [0.5, 0.6) is 0 Å². The van der Waals surface area contributed by atoms with Crippen molar-refractivity contribution in [2.24, 2.45) is 5.73 Å². The van der Waals surface area contributed by atoms with Crippen LogP contribution in [0.3, 0.4) is 0 Å². The van der Waals surface area contributed by atoms with Crippen molar-refractivity contribution in [2.45, 2.75) is 304 Å². The summed E-state index contributed by atoms with van der Waals surface area (Å²) in [5.74, 6) is 0. The van der Waals surface area contributed by atoms with Crippen LogP contribution >= 0.6 is 12.4 Å². The molecule has 0 bridgehead atoms. The lowest BCUT2D eigenvalue weighted by molar-refractivity contribution is -0.927. The van der Waals surface area contributed by atoms with Gasteiger partial charge in [0.1, 0.15) is 0 Å². The first-order valence-electron chi connectivity index (χ1n) is 25.6. The van der Waals surface area contributed by atoms with Crippen molar-refractivity contribution in [3.05, 3.63) is 0 Å². The summed E-state index contributed by atoms with van der Waals surface area (Å²) in [4.78, 5) is 0. The number of hydrogen-bond acceptors (Lipinski definition) is 1. The molecule has 0 heterocycles. The highest BCUT2D eigenvalue weighted by atomic mass is 35.5. The third kappa shape index (κ3) is 45.4. The average molecular weight is 822 g/mol. The van der Waals surface area contributed by atoms with E-state index < -0.39 is 0 Å². The Bertz CT molecular complexity index is 575. The predicted octanol–water partition coefficient (Wildman–Crippen LogP) is 15.3. The number of nitrogens with two attached hydrogens (primary N) is 1. The zero-order valence-corrected chi connectivity index (χ0v) is 41.3. The molecule has 0 atom stereocenters. The second-order valence-corrected chi connectivity index (χ2v) is 18.0. The van der Waals surface area contributed by atoms with Gasteiger partial charge in [0, 0.05) is 5.54 Å². The van der Waals surface area contributed by atoms with Crippen molar-refractivity contribution < 1.29 is 16.9 Å². The van der Waals surface area contributed by atoms with Crippen LogP contribution in [0.1, 0.15) is 299 Å². The van der Waals surface area contributed by atoms with Crippen LogP contribution in [-0.2, 0) is 0 Å². The summed E-state index contributed by atoms with van der Waals surface area (Å²) < 4.78 is 1.43. The highest BCUT2D eigenvalue weighted by molar-refractivity contribution is 5.85. The Hall–Kier alpha value is 0.500. The van der Waals surface area contributed by atoms with Gasteiger partial charge in [-0.05, 0) is 64.7 Å². The minimum Gasteiger partial charge on any atom is -1.00 e. The summed E-state index contributed by atoms with van der Waals surface area (Å²) in [6.45, 7) is 22.0. The molecule has 2 N–H and O–H groups in total. The number of unbranched alkanes of at least 4 members (excludes halogenated alkanes) is 30. The fraction of sp³-hybridized carbons (Fsp3) is 1.00. The Kier molecular flexibility index (Phi) is 57.2. The van der Waals surface area contributed by atoms with Gasteiger partial charge in [-0.1, -0.05) is 234 Å². The van der Waals surface area contributed by atoms with Gasteiger partial charge in [0.05, 0.1) is 26.2 Å². The lowest BCUT2D eigenvalue weighted by Crippen LogP contribution is -3.00. The summed E-state index contributed by atoms with van der Waals surface area (Å²) in [5.41, 5.74) is 7.06. The first-order valence-corrected chi connectivity index (χ1v) is 25.6. The van der Waals surface area contributed by atoms with Crippen molar-refractivity contribution in [3.63, 3.8) is 0 Å². The number of nitrogens with zero attached hydrogens (tertiary/aromatic N) is 1. The minimum absolute atomic E-state index is 0. The first kappa shape index (κ1) is 62.2. The molecule has 0 aliphatic heterocycles. The van der Waals surface area contributed by atoms with E-state index in [4.69, 9.17) is 5.73 Å². The van der Waals surface area contributed by atoms with E-state index in [2.05, 4.69) is 48.5 Å². The second kappa shape index (κ2) is 50.6. The quantitative estimate of drug-likeness (QED) is 0.0481. The van der Waals surface area contributed by atoms with Gasteiger partial charge >= 0.3 is 0 Å². The molecule has 2 nitrogen and oxygen atoms in total. The highest BCUT2D eigenvalue weighted by Gasteiger charge is 2.24. The third-order valence-electron chi connectivity index (χ3n) is 12.7. The largest absolute Gasteiger partial charge is 1.00 e. The van der Waals surface area contributed by atoms with E-state index in [-0.39, 0.29) is 30.4 Å². The summed E-state index contributed by atoms with van der Waals surface area (Å²) in [5, 5.41) is 0. The average Bonchev–Trinajstić information content (AvgIpc) is 3.17. The number of halogens is 2. The van der Waals surface area contributed by atoms with Gasteiger partial charge in [0.2, 0.25) is 0 Å². The maximum Gasteiger partial charge on any atom is 0.0786 e. The second-order valence-electron chi connectivity index (χ2n) is 18.0. The molecule has 0 aromatic carbocycles. The molecule has 0 aromatic heterocycles. The molecule has 55 heavy (non-hydrogen) atoms. The normalized spacial score (nSPS) is 11.6. The lowest BCUT2D eigenvalue weighted by Gasteiger charge is -2.38. The van der Waals surface area contributed by atoms with Crippen molar-refractivity contribution in [1.29, 1.82) is 0 Å². The van der Waals surface area contributed by atoms with E-state index in [0.29, 0.717) is 0 Å². The van der Waals surface area contributed by atoms with Gasteiger partial charge in [0.15, 0.2) is 0 Å². The van der Waals surface area contributed by atoms with E-state index in [0.717, 1.165) is 0 Å². The van der Waals surface area contributed by atoms with Crippen molar-refractivity contribution >= 4 is 12.4 Å². The minimum atomic E-state index is 0. The van der Waals surface area contributed by atoms with Crippen LogP contribution in [0.4, 0.5) is 0 Å². The first-order chi connectivity index (χ1) is 25.9. The monoisotopic (exact) mass is 821 g/mol. The topological polar surface area (TPSA) is 26.0 Å². The molecule has 338 valence electrons. The summed E-state index contributed by atoms with van der Waals surface area (Å²) in [6.07, 6.45) is 54.7. The van der Waals surface area contributed by atoms with Crippen molar-refractivity contribution in [1.82, 2.24) is 0 Å². The fourth-order valence-corrected chi connectivity index (χ4v) is 8.64. The summed E-state index contributed by atoms with van der Waals surface area (Å²) >= 11 is 0. The van der Waals surface area contributed by atoms with E-state index in [1.54, 1.807) is 0 Å². The van der Waals surface area contributed by atoms with Crippen LogP contribution in [0.25, 0.3) is 0 Å². The molecule has 0 radical (unpaired) electrons. The molecule has 0 aliphatic rings. The standard InChI is InChI=1S/C26H56N.C25H53N.2ClH/c1-5-9-12-15-18-21-24-27(8-4,25-22-19-16-13-10-6-2)26-23-20-17-14-11-7-3;1-4-7-10-13-16-19-22-25(26,23-20-17-14-11-8-5-2)24-21-18-15-12-9-6-3;;/h5-26H2,1-4H3;4-24,26H2,1-3H3;2*1H/q+1;;;/p-1. The molecule has 0 amide bonds. The van der Waals surface area contributed by atoms with Crippen LogP contribution in [0, 0.1) is 0 Å². The molecule has 0 aromatic rings. The third-order valence-corrected chi connectivity index (χ3v) is 12.7. The van der Waals surface area contributed by atoms with Gasteiger partial charge in [-0.2, -0.15) is 0 Å².